The van der Waals surface area contributed by atoms with Crippen molar-refractivity contribution < 1.29 is 24.1 Å². The first-order chi connectivity index (χ1) is 18.9. The summed E-state index contributed by atoms with van der Waals surface area (Å²) < 4.78 is 18.0. The van der Waals surface area contributed by atoms with Crippen molar-refractivity contribution in [3.05, 3.63) is 63.6 Å². The Kier molecular flexibility index (Phi) is 8.55. The molecule has 1 unspecified atom stereocenters. The van der Waals surface area contributed by atoms with Crippen LogP contribution >= 0.6 is 23.2 Å². The van der Waals surface area contributed by atoms with Gasteiger partial charge in [-0.1, -0.05) is 29.3 Å². The van der Waals surface area contributed by atoms with Gasteiger partial charge in [0.05, 0.1) is 12.4 Å². The average Bonchev–Trinajstić information content (AvgIpc) is 3.39. The highest BCUT2D eigenvalue weighted by molar-refractivity contribution is 6.38. The van der Waals surface area contributed by atoms with Gasteiger partial charge < -0.3 is 34.9 Å². The van der Waals surface area contributed by atoms with Crippen LogP contribution in [0.15, 0.2) is 42.5 Å². The lowest BCUT2D eigenvalue weighted by atomic mass is 10.2. The Balaban J connectivity index is 1.75. The van der Waals surface area contributed by atoms with E-state index in [0.717, 1.165) is 0 Å². The van der Waals surface area contributed by atoms with Gasteiger partial charge >= 0.3 is 0 Å². The summed E-state index contributed by atoms with van der Waals surface area (Å²) in [5, 5.41) is 25.9. The molecular formula is C27H28Cl2N6O5. The standard InChI is InChI=1S/C27H28Cl2N6O5/c1-14(30)35-10-9-18(13-35)38-23-21(28)25(39-17-6-4-5-16(11-17)27(37)34(2)3)33-26(22(23)29)40-20-12-15(24(31)32)7-8-19(20)36/h4-8,11-12,18,30,36H,9-10,13H2,1-3H3,(H3,31,32). The van der Waals surface area contributed by atoms with Gasteiger partial charge in [0.2, 0.25) is 11.8 Å². The van der Waals surface area contributed by atoms with E-state index in [2.05, 4.69) is 4.98 Å². The molecule has 1 aliphatic heterocycles. The zero-order valence-corrected chi connectivity index (χ0v) is 23.5. The number of hydrogen-bond donors (Lipinski definition) is 4. The Morgan fingerprint density at radius 1 is 1.10 bits per heavy atom. The maximum absolute atomic E-state index is 12.5. The molecule has 11 nitrogen and oxygen atoms in total. The van der Waals surface area contributed by atoms with Gasteiger partial charge in [-0.2, -0.15) is 4.98 Å². The summed E-state index contributed by atoms with van der Waals surface area (Å²) >= 11 is 13.4. The summed E-state index contributed by atoms with van der Waals surface area (Å²) in [5.74, 6) is -0.337. The summed E-state index contributed by atoms with van der Waals surface area (Å²) in [5.41, 5.74) is 6.28. The number of carbonyl (C=O) groups is 1. The Morgan fingerprint density at radius 2 is 1.80 bits per heavy atom. The highest BCUT2D eigenvalue weighted by Crippen LogP contribution is 2.47. The predicted octanol–water partition coefficient (Wildman–Crippen LogP) is 5.11. The van der Waals surface area contributed by atoms with Crippen molar-refractivity contribution in [2.24, 2.45) is 5.73 Å². The maximum atomic E-state index is 12.5. The number of phenols is 1. The number of aromatic hydroxyl groups is 1. The molecular weight excluding hydrogens is 559 g/mol. The number of pyridine rings is 1. The number of ether oxygens (including phenoxy) is 3. The summed E-state index contributed by atoms with van der Waals surface area (Å²) in [4.78, 5) is 20.1. The van der Waals surface area contributed by atoms with Crippen LogP contribution in [-0.4, -0.2) is 70.8 Å². The smallest absolute Gasteiger partial charge is 0.253 e. The highest BCUT2D eigenvalue weighted by atomic mass is 35.5. The number of benzene rings is 2. The Bertz CT molecular complexity index is 1480. The van der Waals surface area contributed by atoms with Crippen LogP contribution < -0.4 is 19.9 Å². The first-order valence-electron chi connectivity index (χ1n) is 12.1. The normalized spacial score (nSPS) is 14.5. The lowest BCUT2D eigenvalue weighted by Crippen LogP contribution is -2.28. The number of amides is 1. The van der Waals surface area contributed by atoms with E-state index in [0.29, 0.717) is 36.5 Å². The van der Waals surface area contributed by atoms with Gasteiger partial charge in [-0.05, 0) is 43.3 Å². The molecule has 0 radical (unpaired) electrons. The van der Waals surface area contributed by atoms with Crippen molar-refractivity contribution in [2.45, 2.75) is 19.4 Å². The average molecular weight is 587 g/mol. The van der Waals surface area contributed by atoms with Gasteiger partial charge in [-0.25, -0.2) is 0 Å². The minimum Gasteiger partial charge on any atom is -0.504 e. The Morgan fingerprint density at radius 3 is 2.42 bits per heavy atom. The molecule has 1 atom stereocenters. The van der Waals surface area contributed by atoms with Crippen LogP contribution in [-0.2, 0) is 0 Å². The molecule has 5 N–H and O–H groups in total. The molecule has 2 heterocycles. The number of aromatic nitrogens is 1. The molecule has 40 heavy (non-hydrogen) atoms. The van der Waals surface area contributed by atoms with Crippen LogP contribution in [0.2, 0.25) is 10.0 Å². The summed E-state index contributed by atoms with van der Waals surface area (Å²) in [6.07, 6.45) is 0.280. The Hall–Kier alpha value is -4.22. The molecule has 3 aromatic rings. The minimum absolute atomic E-state index is 0.0339. The van der Waals surface area contributed by atoms with Gasteiger partial charge in [-0.3, -0.25) is 15.6 Å². The molecule has 1 aromatic heterocycles. The fraction of sp³-hybridized carbons (Fsp3) is 0.259. The van der Waals surface area contributed by atoms with Gasteiger partial charge in [0.15, 0.2) is 17.2 Å². The monoisotopic (exact) mass is 586 g/mol. The zero-order valence-electron chi connectivity index (χ0n) is 22.0. The molecule has 1 aliphatic rings. The maximum Gasteiger partial charge on any atom is 0.253 e. The second-order valence-electron chi connectivity index (χ2n) is 9.27. The number of nitrogen functional groups attached to an aromatic ring is 1. The van der Waals surface area contributed by atoms with Crippen molar-refractivity contribution in [2.75, 3.05) is 27.2 Å². The topological polar surface area (TPSA) is 158 Å². The van der Waals surface area contributed by atoms with Crippen molar-refractivity contribution >= 4 is 40.8 Å². The lowest BCUT2D eigenvalue weighted by molar-refractivity contribution is 0.0827. The van der Waals surface area contributed by atoms with E-state index >= 15 is 0 Å². The largest absolute Gasteiger partial charge is 0.504 e. The van der Waals surface area contributed by atoms with E-state index in [1.165, 1.54) is 23.1 Å². The van der Waals surface area contributed by atoms with Crippen LogP contribution in [0.25, 0.3) is 0 Å². The second kappa shape index (κ2) is 11.9. The number of carbonyl (C=O) groups excluding carboxylic acids is 1. The molecule has 210 valence electrons. The zero-order chi connectivity index (χ0) is 29.1. The number of nitrogens with one attached hydrogen (secondary N) is 2. The minimum atomic E-state index is -0.339. The third kappa shape index (κ3) is 6.32. The van der Waals surface area contributed by atoms with E-state index in [4.69, 9.17) is 54.0 Å². The molecule has 1 amide bonds. The molecule has 0 saturated carbocycles. The molecule has 4 rings (SSSR count). The quantitative estimate of drug-likeness (QED) is 0.209. The number of nitrogens with two attached hydrogens (primary N) is 1. The third-order valence-corrected chi connectivity index (χ3v) is 6.73. The van der Waals surface area contributed by atoms with E-state index in [-0.39, 0.29) is 62.7 Å². The second-order valence-corrected chi connectivity index (χ2v) is 10.0. The molecule has 1 saturated heterocycles. The lowest BCUT2D eigenvalue weighted by Gasteiger charge is -2.20. The number of hydrogen-bond acceptors (Lipinski definition) is 8. The molecule has 0 spiro atoms. The molecule has 0 aliphatic carbocycles. The SMILES string of the molecule is CC(=N)N1CCC(Oc2c(Cl)c(Oc3cccc(C(=O)N(C)C)c3)nc(Oc3cc(C(=N)N)ccc3O)c2Cl)C1. The molecule has 13 heteroatoms. The van der Waals surface area contributed by atoms with Crippen molar-refractivity contribution in [1.82, 2.24) is 14.8 Å². The van der Waals surface area contributed by atoms with Crippen LogP contribution in [0, 0.1) is 10.8 Å². The van der Waals surface area contributed by atoms with Crippen LogP contribution in [0.3, 0.4) is 0 Å². The molecule has 1 fully saturated rings. The van der Waals surface area contributed by atoms with Crippen molar-refractivity contribution in [3.8, 4) is 34.8 Å². The number of likely N-dealkylation sites (tertiary alicyclic amines) is 1. The molecule has 2 aromatic carbocycles. The Labute approximate surface area is 241 Å². The van der Waals surface area contributed by atoms with Crippen LogP contribution in [0.1, 0.15) is 29.3 Å². The number of halogens is 2. The van der Waals surface area contributed by atoms with Crippen LogP contribution in [0.4, 0.5) is 0 Å². The van der Waals surface area contributed by atoms with Crippen molar-refractivity contribution in [1.29, 1.82) is 10.8 Å². The predicted molar refractivity (Wildman–Crippen MR) is 152 cm³/mol. The first kappa shape index (κ1) is 28.8. The summed E-state index contributed by atoms with van der Waals surface area (Å²) in [7, 11) is 3.28. The van der Waals surface area contributed by atoms with Crippen LogP contribution in [0.5, 0.6) is 34.8 Å². The molecule has 0 bridgehead atoms. The third-order valence-electron chi connectivity index (χ3n) is 6.06. The highest BCUT2D eigenvalue weighted by Gasteiger charge is 2.29. The number of amidine groups is 2. The van der Waals surface area contributed by atoms with E-state index in [1.54, 1.807) is 45.3 Å². The van der Waals surface area contributed by atoms with E-state index < -0.39 is 0 Å². The number of nitrogens with zero attached hydrogens (tertiary/aromatic N) is 3. The van der Waals surface area contributed by atoms with Gasteiger partial charge in [0.25, 0.3) is 5.91 Å². The van der Waals surface area contributed by atoms with E-state index in [9.17, 15) is 9.90 Å². The van der Waals surface area contributed by atoms with Gasteiger partial charge in [-0.15, -0.1) is 0 Å². The van der Waals surface area contributed by atoms with Gasteiger partial charge in [0.1, 0.15) is 27.7 Å². The summed E-state index contributed by atoms with van der Waals surface area (Å²) in [6, 6.07) is 10.6. The van der Waals surface area contributed by atoms with Crippen molar-refractivity contribution in [3.63, 3.8) is 0 Å². The fourth-order valence-electron chi connectivity index (χ4n) is 3.95. The number of phenolic OH excluding ortho intramolecular Hbond substituents is 1. The first-order valence-corrected chi connectivity index (χ1v) is 12.9. The fourth-order valence-corrected chi connectivity index (χ4v) is 4.43. The summed E-state index contributed by atoms with van der Waals surface area (Å²) in [6.45, 7) is 2.78. The van der Waals surface area contributed by atoms with Gasteiger partial charge in [0, 0.05) is 38.2 Å². The number of rotatable bonds is 8. The van der Waals surface area contributed by atoms with E-state index in [1.807, 2.05) is 4.90 Å².